The van der Waals surface area contributed by atoms with Crippen LogP contribution in [0.5, 0.6) is 5.75 Å². The van der Waals surface area contributed by atoms with E-state index in [0.29, 0.717) is 49.0 Å². The fourth-order valence-corrected chi connectivity index (χ4v) is 4.18. The Morgan fingerprint density at radius 3 is 2.71 bits per heavy atom. The van der Waals surface area contributed by atoms with Gasteiger partial charge in [0.2, 0.25) is 0 Å². The van der Waals surface area contributed by atoms with Gasteiger partial charge in [0.05, 0.1) is 21.9 Å². The summed E-state index contributed by atoms with van der Waals surface area (Å²) >= 11 is 13.8. The number of nitrogens with one attached hydrogen (secondary N) is 1. The Hall–Kier alpha value is -2.61. The summed E-state index contributed by atoms with van der Waals surface area (Å²) < 4.78 is 11.3. The number of hydrogen-bond donors (Lipinski definition) is 1. The molecule has 0 aliphatic rings. The van der Waals surface area contributed by atoms with Crippen molar-refractivity contribution in [3.8, 4) is 17.0 Å². The SMILES string of the molecule is COc1ccc(Cl)c2sc(NC(=O)c3c(-c4ccccc4Cl)noc3C)nc12. The third-order valence-corrected chi connectivity index (χ3v) is 5.88. The van der Waals surface area contributed by atoms with E-state index >= 15 is 0 Å². The molecule has 0 fully saturated rings. The molecule has 0 unspecified atom stereocenters. The Morgan fingerprint density at radius 1 is 1.18 bits per heavy atom. The van der Waals surface area contributed by atoms with Crippen LogP contribution in [0.1, 0.15) is 16.1 Å². The van der Waals surface area contributed by atoms with Gasteiger partial charge in [-0.2, -0.15) is 0 Å². The van der Waals surface area contributed by atoms with Crippen molar-refractivity contribution in [3.05, 3.63) is 57.8 Å². The van der Waals surface area contributed by atoms with Crippen LogP contribution in [0.15, 0.2) is 40.9 Å². The lowest BCUT2D eigenvalue weighted by molar-refractivity contribution is 0.102. The van der Waals surface area contributed by atoms with E-state index in [9.17, 15) is 4.79 Å². The number of anilines is 1. The van der Waals surface area contributed by atoms with E-state index in [2.05, 4.69) is 15.5 Å². The number of benzene rings is 2. The first-order valence-electron chi connectivity index (χ1n) is 8.15. The summed E-state index contributed by atoms with van der Waals surface area (Å²) in [5.41, 5.74) is 1.87. The van der Waals surface area contributed by atoms with Crippen molar-refractivity contribution >= 4 is 55.8 Å². The summed E-state index contributed by atoms with van der Waals surface area (Å²) in [7, 11) is 1.55. The number of aryl methyl sites for hydroxylation is 1. The quantitative estimate of drug-likeness (QED) is 0.438. The van der Waals surface area contributed by atoms with Gasteiger partial charge in [0.1, 0.15) is 28.3 Å². The average molecular weight is 434 g/mol. The van der Waals surface area contributed by atoms with Crippen LogP contribution in [0.25, 0.3) is 21.5 Å². The van der Waals surface area contributed by atoms with E-state index in [0.717, 1.165) is 4.70 Å². The van der Waals surface area contributed by atoms with Crippen LogP contribution in [-0.2, 0) is 0 Å². The van der Waals surface area contributed by atoms with Crippen LogP contribution in [0.2, 0.25) is 10.0 Å². The molecule has 0 saturated carbocycles. The van der Waals surface area contributed by atoms with Gasteiger partial charge in [-0.3, -0.25) is 10.1 Å². The molecule has 28 heavy (non-hydrogen) atoms. The zero-order chi connectivity index (χ0) is 19.8. The first kappa shape index (κ1) is 18.7. The highest BCUT2D eigenvalue weighted by Gasteiger charge is 2.24. The number of aromatic nitrogens is 2. The van der Waals surface area contributed by atoms with Crippen LogP contribution in [0.3, 0.4) is 0 Å². The fraction of sp³-hybridized carbons (Fsp3) is 0.105. The summed E-state index contributed by atoms with van der Waals surface area (Å²) in [5.74, 6) is 0.557. The van der Waals surface area contributed by atoms with E-state index in [4.69, 9.17) is 32.5 Å². The van der Waals surface area contributed by atoms with E-state index in [1.54, 1.807) is 44.4 Å². The molecule has 0 saturated heterocycles. The number of thiazole rings is 1. The smallest absolute Gasteiger partial charge is 0.263 e. The Balaban J connectivity index is 1.73. The van der Waals surface area contributed by atoms with Crippen LogP contribution in [0, 0.1) is 6.92 Å². The number of fused-ring (bicyclic) bond motifs is 1. The number of rotatable bonds is 4. The third-order valence-electron chi connectivity index (χ3n) is 4.12. The van der Waals surface area contributed by atoms with Gasteiger partial charge < -0.3 is 9.26 Å². The van der Waals surface area contributed by atoms with E-state index in [1.807, 2.05) is 6.07 Å². The van der Waals surface area contributed by atoms with Crippen molar-refractivity contribution in [2.24, 2.45) is 0 Å². The molecule has 0 atom stereocenters. The Kier molecular flexibility index (Phi) is 4.97. The van der Waals surface area contributed by atoms with Gasteiger partial charge in [0.25, 0.3) is 5.91 Å². The van der Waals surface area contributed by atoms with Crippen molar-refractivity contribution in [1.29, 1.82) is 0 Å². The predicted molar refractivity (Wildman–Crippen MR) is 111 cm³/mol. The molecular weight excluding hydrogens is 421 g/mol. The predicted octanol–water partition coefficient (Wildman–Crippen LogP) is 5.83. The maximum Gasteiger partial charge on any atom is 0.263 e. The third kappa shape index (κ3) is 3.22. The molecule has 0 aliphatic heterocycles. The zero-order valence-corrected chi connectivity index (χ0v) is 17.1. The molecule has 0 radical (unpaired) electrons. The molecule has 9 heteroatoms. The Morgan fingerprint density at radius 2 is 1.96 bits per heavy atom. The minimum Gasteiger partial charge on any atom is -0.494 e. The highest BCUT2D eigenvalue weighted by Crippen LogP contribution is 2.38. The molecule has 4 rings (SSSR count). The largest absolute Gasteiger partial charge is 0.494 e. The fourth-order valence-electron chi connectivity index (χ4n) is 2.81. The molecule has 142 valence electrons. The molecule has 2 aromatic heterocycles. The molecular formula is C19H13Cl2N3O3S. The van der Waals surface area contributed by atoms with Crippen LogP contribution < -0.4 is 10.1 Å². The number of ether oxygens (including phenoxy) is 1. The van der Waals surface area contributed by atoms with Crippen LogP contribution in [0.4, 0.5) is 5.13 Å². The second-order valence-corrected chi connectivity index (χ2v) is 7.66. The first-order chi connectivity index (χ1) is 13.5. The Labute approximate surface area is 174 Å². The maximum absolute atomic E-state index is 13.0. The first-order valence-corrected chi connectivity index (χ1v) is 9.72. The molecule has 0 spiro atoms. The molecule has 6 nitrogen and oxygen atoms in total. The normalized spacial score (nSPS) is 11.0. The lowest BCUT2D eigenvalue weighted by Crippen LogP contribution is -2.13. The van der Waals surface area contributed by atoms with Crippen molar-refractivity contribution in [2.45, 2.75) is 6.92 Å². The summed E-state index contributed by atoms with van der Waals surface area (Å²) in [6, 6.07) is 10.6. The van der Waals surface area contributed by atoms with Gasteiger partial charge in [-0.25, -0.2) is 4.98 Å². The van der Waals surface area contributed by atoms with Gasteiger partial charge in [-0.1, -0.05) is 57.9 Å². The van der Waals surface area contributed by atoms with Gasteiger partial charge >= 0.3 is 0 Å². The molecule has 1 N–H and O–H groups in total. The minimum atomic E-state index is -0.400. The standard InChI is InChI=1S/C19H13Cl2N3O3S/c1-9-14(15(24-27-9)10-5-3-4-6-11(10)20)18(25)23-19-22-16-13(26-2)8-7-12(21)17(16)28-19/h3-8H,1-2H3,(H,22,23,25). The number of methoxy groups -OCH3 is 1. The van der Waals surface area contributed by atoms with Crippen LogP contribution >= 0.6 is 34.5 Å². The van der Waals surface area contributed by atoms with Gasteiger partial charge in [0.15, 0.2) is 5.13 Å². The minimum absolute atomic E-state index is 0.297. The number of hydrogen-bond acceptors (Lipinski definition) is 6. The summed E-state index contributed by atoms with van der Waals surface area (Å²) in [6.45, 7) is 1.67. The highest BCUT2D eigenvalue weighted by atomic mass is 35.5. The lowest BCUT2D eigenvalue weighted by Gasteiger charge is -2.04. The number of nitrogens with zero attached hydrogens (tertiary/aromatic N) is 2. The van der Waals surface area contributed by atoms with Gasteiger partial charge in [-0.15, -0.1) is 0 Å². The summed E-state index contributed by atoms with van der Waals surface area (Å²) in [5, 5.41) is 8.20. The number of carbonyl (C=O) groups excluding carboxylic acids is 1. The highest BCUT2D eigenvalue weighted by molar-refractivity contribution is 7.23. The van der Waals surface area contributed by atoms with Gasteiger partial charge in [0, 0.05) is 5.56 Å². The molecule has 1 amide bonds. The number of carbonyl (C=O) groups is 1. The lowest BCUT2D eigenvalue weighted by atomic mass is 10.1. The van der Waals surface area contributed by atoms with E-state index in [-0.39, 0.29) is 0 Å². The topological polar surface area (TPSA) is 77.2 Å². The second-order valence-electron chi connectivity index (χ2n) is 5.84. The number of halogens is 2. The summed E-state index contributed by atoms with van der Waals surface area (Å²) in [6.07, 6.45) is 0. The van der Waals surface area contributed by atoms with Crippen molar-refractivity contribution in [2.75, 3.05) is 12.4 Å². The zero-order valence-electron chi connectivity index (χ0n) is 14.7. The van der Waals surface area contributed by atoms with E-state index in [1.165, 1.54) is 11.3 Å². The molecule has 4 aromatic rings. The maximum atomic E-state index is 13.0. The molecule has 0 bridgehead atoms. The molecule has 2 heterocycles. The monoisotopic (exact) mass is 433 g/mol. The number of amides is 1. The average Bonchev–Trinajstić information content (AvgIpc) is 3.26. The molecule has 2 aromatic carbocycles. The van der Waals surface area contributed by atoms with Crippen molar-refractivity contribution < 1.29 is 14.1 Å². The van der Waals surface area contributed by atoms with Crippen LogP contribution in [-0.4, -0.2) is 23.2 Å². The van der Waals surface area contributed by atoms with Gasteiger partial charge in [-0.05, 0) is 25.1 Å². The Bertz CT molecular complexity index is 1200. The summed E-state index contributed by atoms with van der Waals surface area (Å²) in [4.78, 5) is 17.4. The van der Waals surface area contributed by atoms with Crippen molar-refractivity contribution in [1.82, 2.24) is 10.1 Å². The van der Waals surface area contributed by atoms with Crippen molar-refractivity contribution in [3.63, 3.8) is 0 Å². The second kappa shape index (κ2) is 7.43. The molecule has 0 aliphatic carbocycles. The van der Waals surface area contributed by atoms with E-state index < -0.39 is 5.91 Å².